The molecule has 9 nitrogen and oxygen atoms in total. The number of hydrogen-bond donors (Lipinski definition) is 1. The van der Waals surface area contributed by atoms with Crippen molar-refractivity contribution >= 4 is 44.2 Å². The highest BCUT2D eigenvalue weighted by atomic mass is 35.5. The Morgan fingerprint density at radius 3 is 2.66 bits per heavy atom. The number of benzene rings is 1. The van der Waals surface area contributed by atoms with Gasteiger partial charge in [-0.05, 0) is 43.7 Å². The summed E-state index contributed by atoms with van der Waals surface area (Å²) in [7, 11) is -3.64. The van der Waals surface area contributed by atoms with Gasteiger partial charge in [-0.2, -0.15) is 4.31 Å². The van der Waals surface area contributed by atoms with Crippen LogP contribution in [0.4, 0.5) is 11.6 Å². The van der Waals surface area contributed by atoms with E-state index in [0.717, 1.165) is 28.7 Å². The second kappa shape index (κ2) is 9.54. The largest absolute Gasteiger partial charge is 0.379 e. The minimum Gasteiger partial charge on any atom is -0.379 e. The normalized spacial score (nSPS) is 14.9. The molecule has 0 bridgehead atoms. The van der Waals surface area contributed by atoms with Gasteiger partial charge in [-0.1, -0.05) is 17.7 Å². The van der Waals surface area contributed by atoms with Crippen molar-refractivity contribution in [1.82, 2.24) is 23.8 Å². The van der Waals surface area contributed by atoms with Crippen LogP contribution in [0.1, 0.15) is 12.5 Å². The zero-order chi connectivity index (χ0) is 24.6. The molecule has 1 aliphatic heterocycles. The molecule has 4 heterocycles. The van der Waals surface area contributed by atoms with E-state index in [4.69, 9.17) is 21.3 Å². The molecule has 1 aromatic carbocycles. The van der Waals surface area contributed by atoms with Gasteiger partial charge in [0.2, 0.25) is 16.0 Å². The number of hydrogen-bond acceptors (Lipinski definition) is 7. The Labute approximate surface area is 208 Å². The van der Waals surface area contributed by atoms with Crippen LogP contribution in [0, 0.1) is 6.92 Å². The van der Waals surface area contributed by atoms with E-state index in [1.54, 1.807) is 31.5 Å². The summed E-state index contributed by atoms with van der Waals surface area (Å²) in [5.41, 5.74) is 3.75. The quantitative estimate of drug-likeness (QED) is 0.385. The lowest BCUT2D eigenvalue weighted by Crippen LogP contribution is -2.40. The standard InChI is InChI=1S/C24H25ClN6O3S/c1-3-30-15-19(18-6-8-26-23(25)22(18)30)20-7-9-27-24(29-20)28-17-5-4-16(2)21(14-17)35(32,33)31-10-12-34-13-11-31/h4-9,14-15H,3,10-13H2,1-2H3,(H,27,28,29). The molecule has 11 heteroatoms. The minimum absolute atomic E-state index is 0.258. The number of morpholine rings is 1. The summed E-state index contributed by atoms with van der Waals surface area (Å²) in [5, 5.41) is 4.55. The van der Waals surface area contributed by atoms with Crippen LogP contribution in [0.5, 0.6) is 0 Å². The molecule has 4 aromatic rings. The highest BCUT2D eigenvalue weighted by molar-refractivity contribution is 7.89. The van der Waals surface area contributed by atoms with Gasteiger partial charge in [0.25, 0.3) is 0 Å². The smallest absolute Gasteiger partial charge is 0.243 e. The molecule has 0 saturated carbocycles. The van der Waals surface area contributed by atoms with Crippen LogP contribution in [0.2, 0.25) is 5.15 Å². The van der Waals surface area contributed by atoms with Crippen LogP contribution in [-0.2, 0) is 21.3 Å². The van der Waals surface area contributed by atoms with Gasteiger partial charge in [-0.15, -0.1) is 0 Å². The number of pyridine rings is 1. The summed E-state index contributed by atoms with van der Waals surface area (Å²) in [6, 6.07) is 8.98. The Kier molecular flexibility index (Phi) is 6.45. The van der Waals surface area contributed by atoms with Crippen LogP contribution in [0.3, 0.4) is 0 Å². The molecule has 35 heavy (non-hydrogen) atoms. The maximum Gasteiger partial charge on any atom is 0.243 e. The van der Waals surface area contributed by atoms with Crippen LogP contribution in [0.25, 0.3) is 22.2 Å². The number of aryl methyl sites for hydroxylation is 2. The summed E-state index contributed by atoms with van der Waals surface area (Å²) in [6.45, 7) is 6.04. The lowest BCUT2D eigenvalue weighted by Gasteiger charge is -2.26. The van der Waals surface area contributed by atoms with Gasteiger partial charge in [0.15, 0.2) is 5.15 Å². The number of aromatic nitrogens is 4. The topological polar surface area (TPSA) is 102 Å². The fourth-order valence-corrected chi connectivity index (χ4v) is 6.17. The number of nitrogens with one attached hydrogen (secondary N) is 1. The van der Waals surface area contributed by atoms with Crippen molar-refractivity contribution in [3.05, 3.63) is 59.6 Å². The Hall–Kier alpha value is -3.05. The summed E-state index contributed by atoms with van der Waals surface area (Å²) < 4.78 is 35.3. The molecule has 5 rings (SSSR count). The van der Waals surface area contributed by atoms with Crippen molar-refractivity contribution in [1.29, 1.82) is 0 Å². The molecule has 0 unspecified atom stereocenters. The van der Waals surface area contributed by atoms with E-state index in [1.807, 2.05) is 35.9 Å². The first-order valence-electron chi connectivity index (χ1n) is 11.3. The van der Waals surface area contributed by atoms with Crippen LogP contribution < -0.4 is 5.32 Å². The molecule has 1 fully saturated rings. The van der Waals surface area contributed by atoms with Gasteiger partial charge < -0.3 is 14.6 Å². The lowest BCUT2D eigenvalue weighted by molar-refractivity contribution is 0.0730. The zero-order valence-corrected chi connectivity index (χ0v) is 21.0. The number of ether oxygens (including phenoxy) is 1. The van der Waals surface area contributed by atoms with Crippen molar-refractivity contribution < 1.29 is 13.2 Å². The van der Waals surface area contributed by atoms with Crippen molar-refractivity contribution in [2.75, 3.05) is 31.6 Å². The third-order valence-corrected chi connectivity index (χ3v) is 8.36. The summed E-state index contributed by atoms with van der Waals surface area (Å²) in [5.74, 6) is 0.360. The molecule has 3 aromatic heterocycles. The maximum absolute atomic E-state index is 13.2. The Morgan fingerprint density at radius 2 is 1.89 bits per heavy atom. The third-order valence-electron chi connectivity index (χ3n) is 6.05. The summed E-state index contributed by atoms with van der Waals surface area (Å²) >= 11 is 6.36. The van der Waals surface area contributed by atoms with E-state index in [2.05, 4.69) is 15.3 Å². The fraction of sp³-hybridized carbons (Fsp3) is 0.292. The van der Waals surface area contributed by atoms with E-state index < -0.39 is 10.0 Å². The van der Waals surface area contributed by atoms with E-state index in [0.29, 0.717) is 48.7 Å². The van der Waals surface area contributed by atoms with E-state index in [-0.39, 0.29) is 4.90 Å². The third kappa shape index (κ3) is 4.50. The van der Waals surface area contributed by atoms with E-state index in [9.17, 15) is 8.42 Å². The summed E-state index contributed by atoms with van der Waals surface area (Å²) in [6.07, 6.45) is 5.35. The Morgan fingerprint density at radius 1 is 1.11 bits per heavy atom. The molecular weight excluding hydrogens is 488 g/mol. The van der Waals surface area contributed by atoms with Crippen molar-refractivity contribution in [2.45, 2.75) is 25.3 Å². The number of rotatable bonds is 6. The van der Waals surface area contributed by atoms with Gasteiger partial charge in [0.05, 0.1) is 29.3 Å². The van der Waals surface area contributed by atoms with Gasteiger partial charge in [0, 0.05) is 54.9 Å². The number of halogens is 1. The lowest BCUT2D eigenvalue weighted by atomic mass is 10.1. The van der Waals surface area contributed by atoms with Gasteiger partial charge in [0.1, 0.15) is 0 Å². The number of anilines is 2. The van der Waals surface area contributed by atoms with Crippen molar-refractivity contribution in [3.63, 3.8) is 0 Å². The first kappa shape index (κ1) is 23.7. The first-order chi connectivity index (χ1) is 16.9. The molecule has 1 N–H and O–H groups in total. The molecule has 1 aliphatic rings. The van der Waals surface area contributed by atoms with E-state index in [1.165, 1.54) is 4.31 Å². The van der Waals surface area contributed by atoms with Crippen molar-refractivity contribution in [2.24, 2.45) is 0 Å². The molecule has 1 saturated heterocycles. The molecule has 0 atom stereocenters. The predicted molar refractivity (Wildman–Crippen MR) is 135 cm³/mol. The second-order valence-electron chi connectivity index (χ2n) is 8.21. The molecular formula is C24H25ClN6O3S. The summed E-state index contributed by atoms with van der Waals surface area (Å²) in [4.78, 5) is 13.5. The monoisotopic (exact) mass is 512 g/mol. The highest BCUT2D eigenvalue weighted by Crippen LogP contribution is 2.33. The molecule has 0 spiro atoms. The molecule has 0 aliphatic carbocycles. The highest BCUT2D eigenvalue weighted by Gasteiger charge is 2.28. The second-order valence-corrected chi connectivity index (χ2v) is 10.5. The minimum atomic E-state index is -3.64. The fourth-order valence-electron chi connectivity index (χ4n) is 4.24. The first-order valence-corrected chi connectivity index (χ1v) is 13.1. The van der Waals surface area contributed by atoms with Gasteiger partial charge in [-0.3, -0.25) is 0 Å². The SMILES string of the molecule is CCn1cc(-c2ccnc(Nc3ccc(C)c(S(=O)(=O)N4CCOCC4)c3)n2)c2ccnc(Cl)c21. The number of fused-ring (bicyclic) bond motifs is 1. The predicted octanol–water partition coefficient (Wildman–Crippen LogP) is 4.24. The van der Waals surface area contributed by atoms with Gasteiger partial charge in [-0.25, -0.2) is 23.4 Å². The number of nitrogens with zero attached hydrogens (tertiary/aromatic N) is 5. The average Bonchev–Trinajstić information content (AvgIpc) is 3.26. The van der Waals surface area contributed by atoms with Gasteiger partial charge >= 0.3 is 0 Å². The molecule has 182 valence electrons. The molecule has 0 amide bonds. The zero-order valence-electron chi connectivity index (χ0n) is 19.4. The van der Waals surface area contributed by atoms with Crippen LogP contribution >= 0.6 is 11.6 Å². The van der Waals surface area contributed by atoms with Crippen LogP contribution in [-0.4, -0.2) is 58.5 Å². The van der Waals surface area contributed by atoms with Crippen molar-refractivity contribution in [3.8, 4) is 11.3 Å². The number of sulfonamides is 1. The van der Waals surface area contributed by atoms with E-state index >= 15 is 0 Å². The average molecular weight is 513 g/mol. The maximum atomic E-state index is 13.2. The Bertz CT molecular complexity index is 1500. The van der Waals surface area contributed by atoms with Crippen LogP contribution in [0.15, 0.2) is 53.8 Å². The molecule has 0 radical (unpaired) electrons. The Balaban J connectivity index is 1.48.